The highest BCUT2D eigenvalue weighted by atomic mass is 79.9. The van der Waals surface area contributed by atoms with E-state index in [2.05, 4.69) is 20.9 Å². The number of halogens is 2. The fourth-order valence-corrected chi connectivity index (χ4v) is 6.71. The van der Waals surface area contributed by atoms with Gasteiger partial charge in [-0.15, -0.1) is 0 Å². The lowest BCUT2D eigenvalue weighted by molar-refractivity contribution is 0.601. The quantitative estimate of drug-likeness (QED) is 0.677. The van der Waals surface area contributed by atoms with Crippen molar-refractivity contribution in [2.24, 2.45) is 4.99 Å². The van der Waals surface area contributed by atoms with Crippen molar-refractivity contribution in [1.82, 2.24) is 0 Å². The molecule has 2 aromatic carbocycles. The van der Waals surface area contributed by atoms with E-state index in [1.807, 2.05) is 42.2 Å². The number of benzene rings is 2. The van der Waals surface area contributed by atoms with Crippen LogP contribution in [0.5, 0.6) is 0 Å². The first kappa shape index (κ1) is 19.0. The van der Waals surface area contributed by atoms with Gasteiger partial charge in [0, 0.05) is 15.9 Å². The Morgan fingerprint density at radius 1 is 1.22 bits per heavy atom. The number of aliphatic imine (C=N–C) groups is 1. The molecular weight excluding hydrogens is 451 g/mol. The molecule has 2 heterocycles. The number of amidine groups is 1. The molecule has 4 rings (SSSR count). The van der Waals surface area contributed by atoms with Crippen LogP contribution >= 0.6 is 27.7 Å². The molecule has 2 aromatic rings. The van der Waals surface area contributed by atoms with Gasteiger partial charge in [-0.25, -0.2) is 12.8 Å². The summed E-state index contributed by atoms with van der Waals surface area (Å²) in [5, 5.41) is 0.756. The number of rotatable bonds is 3. The van der Waals surface area contributed by atoms with E-state index >= 15 is 0 Å². The summed E-state index contributed by atoms with van der Waals surface area (Å²) in [6.45, 7) is 2.01. The fraction of sp³-hybridized carbons (Fsp3) is 0.316. The van der Waals surface area contributed by atoms with Gasteiger partial charge in [0.2, 0.25) is 0 Å². The number of anilines is 1. The minimum absolute atomic E-state index is 0.0801. The summed E-state index contributed by atoms with van der Waals surface area (Å²) in [6, 6.07) is 12.6. The number of sulfone groups is 1. The van der Waals surface area contributed by atoms with Crippen LogP contribution in [0.3, 0.4) is 0 Å². The third kappa shape index (κ3) is 3.93. The molecule has 8 heteroatoms. The van der Waals surface area contributed by atoms with Crippen LogP contribution < -0.4 is 4.90 Å². The largest absolute Gasteiger partial charge is 0.315 e. The zero-order valence-electron chi connectivity index (χ0n) is 14.6. The molecule has 0 spiro atoms. The summed E-state index contributed by atoms with van der Waals surface area (Å²) in [4.78, 5) is 6.69. The van der Waals surface area contributed by atoms with E-state index in [9.17, 15) is 12.8 Å². The van der Waals surface area contributed by atoms with Crippen molar-refractivity contribution in [3.05, 3.63) is 63.9 Å². The van der Waals surface area contributed by atoms with Gasteiger partial charge < -0.3 is 4.90 Å². The summed E-state index contributed by atoms with van der Waals surface area (Å²) >= 11 is 4.71. The van der Waals surface area contributed by atoms with Crippen LogP contribution in [0.4, 0.5) is 10.1 Å². The Morgan fingerprint density at radius 3 is 2.67 bits per heavy atom. The van der Waals surface area contributed by atoms with E-state index in [4.69, 9.17) is 0 Å². The summed E-state index contributed by atoms with van der Waals surface area (Å²) in [7, 11) is -3.08. The summed E-state index contributed by atoms with van der Waals surface area (Å²) < 4.78 is 39.0. The van der Waals surface area contributed by atoms with Crippen LogP contribution in [0.25, 0.3) is 0 Å². The van der Waals surface area contributed by atoms with Crippen molar-refractivity contribution < 1.29 is 12.8 Å². The Balaban J connectivity index is 1.61. The minimum Gasteiger partial charge on any atom is -0.315 e. The first-order valence-corrected chi connectivity index (χ1v) is 12.1. The van der Waals surface area contributed by atoms with E-state index in [0.717, 1.165) is 16.4 Å². The van der Waals surface area contributed by atoms with Crippen molar-refractivity contribution in [3.8, 4) is 0 Å². The first-order chi connectivity index (χ1) is 12.8. The average molecular weight is 469 g/mol. The average Bonchev–Trinajstić information content (AvgIpc) is 3.06. The molecule has 0 saturated carbocycles. The molecule has 0 N–H and O–H groups in total. The van der Waals surface area contributed by atoms with Gasteiger partial charge >= 0.3 is 0 Å². The van der Waals surface area contributed by atoms with Gasteiger partial charge in [-0.05, 0) is 36.8 Å². The molecule has 2 aliphatic rings. The summed E-state index contributed by atoms with van der Waals surface area (Å²) in [6.07, 6.45) is 0. The molecule has 0 aromatic heterocycles. The number of aryl methyl sites for hydroxylation is 1. The molecule has 0 unspecified atom stereocenters. The van der Waals surface area contributed by atoms with Gasteiger partial charge in [-0.1, -0.05) is 51.5 Å². The van der Waals surface area contributed by atoms with Gasteiger partial charge in [-0.2, -0.15) is 0 Å². The molecule has 1 fully saturated rings. The molecule has 0 amide bonds. The minimum atomic E-state index is -3.08. The Bertz CT molecular complexity index is 1010. The van der Waals surface area contributed by atoms with Gasteiger partial charge in [0.05, 0.1) is 23.6 Å². The van der Waals surface area contributed by atoms with Crippen LogP contribution in [0.2, 0.25) is 0 Å². The zero-order chi connectivity index (χ0) is 19.2. The van der Waals surface area contributed by atoms with Crippen LogP contribution in [-0.2, 0) is 15.6 Å². The van der Waals surface area contributed by atoms with Gasteiger partial charge in [-0.3, -0.25) is 4.99 Å². The Morgan fingerprint density at radius 2 is 1.96 bits per heavy atom. The van der Waals surface area contributed by atoms with Gasteiger partial charge in [0.15, 0.2) is 15.0 Å². The number of nitrogens with zero attached hydrogens (tertiary/aromatic N) is 2. The standard InChI is InChI=1S/C19H18BrFN2O2S2/c1-12-2-6-15(7-3-12)23-18-11-27(24,25)10-17(18)22-19(23)26-9-13-4-5-14(20)8-16(13)21/h2-8,17-18H,9-11H2,1H3/t17-,18-/m1/s1. The smallest absolute Gasteiger partial charge is 0.164 e. The molecule has 0 bridgehead atoms. The van der Waals surface area contributed by atoms with Crippen molar-refractivity contribution in [1.29, 1.82) is 0 Å². The number of fused-ring (bicyclic) bond motifs is 1. The topological polar surface area (TPSA) is 49.7 Å². The van der Waals surface area contributed by atoms with E-state index in [0.29, 0.717) is 15.8 Å². The Hall–Kier alpha value is -1.38. The van der Waals surface area contributed by atoms with Crippen LogP contribution in [0.15, 0.2) is 51.9 Å². The molecule has 2 aliphatic heterocycles. The first-order valence-electron chi connectivity index (χ1n) is 8.53. The molecule has 0 aliphatic carbocycles. The molecule has 4 nitrogen and oxygen atoms in total. The fourth-order valence-electron chi connectivity index (χ4n) is 3.42. The second kappa shape index (κ2) is 7.22. The molecule has 1 saturated heterocycles. The SMILES string of the molecule is Cc1ccc(N2C(SCc3ccc(Br)cc3F)=N[C@@H]3CS(=O)(=O)C[C@H]32)cc1. The van der Waals surface area contributed by atoms with Gasteiger partial charge in [0.1, 0.15) is 5.82 Å². The van der Waals surface area contributed by atoms with Crippen molar-refractivity contribution in [2.45, 2.75) is 24.8 Å². The van der Waals surface area contributed by atoms with Crippen molar-refractivity contribution in [3.63, 3.8) is 0 Å². The Kier molecular flexibility index (Phi) is 5.07. The Labute approximate surface area is 170 Å². The third-order valence-electron chi connectivity index (χ3n) is 4.79. The molecule has 27 heavy (non-hydrogen) atoms. The zero-order valence-corrected chi connectivity index (χ0v) is 17.8. The maximum Gasteiger partial charge on any atom is 0.164 e. The van der Waals surface area contributed by atoms with E-state index < -0.39 is 9.84 Å². The molecule has 142 valence electrons. The van der Waals surface area contributed by atoms with E-state index in [1.165, 1.54) is 17.8 Å². The highest BCUT2D eigenvalue weighted by molar-refractivity contribution is 9.10. The van der Waals surface area contributed by atoms with Crippen molar-refractivity contribution in [2.75, 3.05) is 16.4 Å². The monoisotopic (exact) mass is 468 g/mol. The predicted molar refractivity (Wildman–Crippen MR) is 113 cm³/mol. The molecule has 2 atom stereocenters. The second-order valence-corrected chi connectivity index (χ2v) is 10.9. The maximum absolute atomic E-state index is 14.1. The lowest BCUT2D eigenvalue weighted by Gasteiger charge is -2.26. The van der Waals surface area contributed by atoms with Gasteiger partial charge in [0.25, 0.3) is 0 Å². The highest BCUT2D eigenvalue weighted by Crippen LogP contribution is 2.36. The summed E-state index contributed by atoms with van der Waals surface area (Å²) in [5.41, 5.74) is 2.66. The lowest BCUT2D eigenvalue weighted by Crippen LogP contribution is -2.39. The van der Waals surface area contributed by atoms with E-state index in [1.54, 1.807) is 6.07 Å². The predicted octanol–water partition coefficient (Wildman–Crippen LogP) is 4.17. The molecule has 0 radical (unpaired) electrons. The van der Waals surface area contributed by atoms with E-state index in [-0.39, 0.29) is 29.4 Å². The van der Waals surface area contributed by atoms with Crippen LogP contribution in [-0.4, -0.2) is 37.2 Å². The second-order valence-electron chi connectivity index (χ2n) is 6.85. The summed E-state index contributed by atoms with van der Waals surface area (Å²) in [5.74, 6) is 0.356. The molecular formula is C19H18BrFN2O2S2. The normalized spacial score (nSPS) is 23.4. The third-order valence-corrected chi connectivity index (χ3v) is 8.00. The highest BCUT2D eigenvalue weighted by Gasteiger charge is 2.47. The van der Waals surface area contributed by atoms with Crippen LogP contribution in [0.1, 0.15) is 11.1 Å². The number of thioether (sulfide) groups is 1. The van der Waals surface area contributed by atoms with Crippen molar-refractivity contribution >= 4 is 48.4 Å². The van der Waals surface area contributed by atoms with Crippen LogP contribution in [0, 0.1) is 12.7 Å². The number of hydrogen-bond acceptors (Lipinski definition) is 5. The lowest BCUT2D eigenvalue weighted by atomic mass is 10.1. The maximum atomic E-state index is 14.1. The number of hydrogen-bond donors (Lipinski definition) is 0.